The first-order valence-electron chi connectivity index (χ1n) is 6.55. The average molecular weight is 279 g/mol. The van der Waals surface area contributed by atoms with E-state index in [9.17, 15) is 0 Å². The number of ether oxygens (including phenoxy) is 1. The molecule has 2 rings (SSSR count). The lowest BCUT2D eigenvalue weighted by Gasteiger charge is -2.08. The van der Waals surface area contributed by atoms with Gasteiger partial charge in [0.2, 0.25) is 0 Å². The third-order valence-electron chi connectivity index (χ3n) is 3.15. The number of methoxy groups -OCH3 is 1. The fraction of sp³-hybridized carbons (Fsp3) is 0.375. The van der Waals surface area contributed by atoms with Crippen LogP contribution in [-0.2, 0) is 17.6 Å². The standard InChI is InChI=1S/C16H19ClO2/c1-3-14-8-9-15(19-14)16(17)13-6-4-12(5-7-13)10-11-18-2/h4-9,16H,3,10-11H2,1-2H3. The quantitative estimate of drug-likeness (QED) is 0.733. The molecule has 1 heterocycles. The van der Waals surface area contributed by atoms with Crippen LogP contribution in [0.3, 0.4) is 0 Å². The average Bonchev–Trinajstić information content (AvgIpc) is 2.94. The summed E-state index contributed by atoms with van der Waals surface area (Å²) in [6.45, 7) is 2.80. The van der Waals surface area contributed by atoms with Crippen molar-refractivity contribution in [2.45, 2.75) is 25.1 Å². The van der Waals surface area contributed by atoms with Crippen molar-refractivity contribution in [1.29, 1.82) is 0 Å². The summed E-state index contributed by atoms with van der Waals surface area (Å²) in [6, 6.07) is 12.2. The van der Waals surface area contributed by atoms with Gasteiger partial charge in [0.15, 0.2) is 0 Å². The number of hydrogen-bond acceptors (Lipinski definition) is 2. The summed E-state index contributed by atoms with van der Waals surface area (Å²) >= 11 is 6.44. The van der Waals surface area contributed by atoms with E-state index >= 15 is 0 Å². The van der Waals surface area contributed by atoms with Crippen LogP contribution >= 0.6 is 11.6 Å². The minimum Gasteiger partial charge on any atom is -0.464 e. The van der Waals surface area contributed by atoms with Crippen molar-refractivity contribution in [3.63, 3.8) is 0 Å². The fourth-order valence-corrected chi connectivity index (χ4v) is 2.22. The molecule has 0 bridgehead atoms. The monoisotopic (exact) mass is 278 g/mol. The zero-order valence-corrected chi connectivity index (χ0v) is 12.1. The molecular weight excluding hydrogens is 260 g/mol. The van der Waals surface area contributed by atoms with Crippen LogP contribution in [0.25, 0.3) is 0 Å². The third-order valence-corrected chi connectivity index (χ3v) is 3.61. The van der Waals surface area contributed by atoms with Gasteiger partial charge in [-0.05, 0) is 29.7 Å². The predicted molar refractivity (Wildman–Crippen MR) is 77.8 cm³/mol. The number of aryl methyl sites for hydroxylation is 1. The van der Waals surface area contributed by atoms with Gasteiger partial charge >= 0.3 is 0 Å². The van der Waals surface area contributed by atoms with Crippen LogP contribution in [0, 0.1) is 0 Å². The Labute approximate surface area is 119 Å². The number of furan rings is 1. The van der Waals surface area contributed by atoms with E-state index in [1.807, 2.05) is 12.1 Å². The molecule has 1 aromatic heterocycles. The number of alkyl halides is 1. The van der Waals surface area contributed by atoms with Gasteiger partial charge in [0, 0.05) is 13.5 Å². The van der Waals surface area contributed by atoms with Gasteiger partial charge < -0.3 is 9.15 Å². The third kappa shape index (κ3) is 3.62. The molecule has 0 aliphatic carbocycles. The van der Waals surface area contributed by atoms with Crippen molar-refractivity contribution in [1.82, 2.24) is 0 Å². The highest BCUT2D eigenvalue weighted by Gasteiger charge is 2.14. The number of benzene rings is 1. The molecular formula is C16H19ClO2. The summed E-state index contributed by atoms with van der Waals surface area (Å²) < 4.78 is 10.8. The molecule has 2 nitrogen and oxygen atoms in total. The molecule has 1 unspecified atom stereocenters. The molecule has 0 spiro atoms. The van der Waals surface area contributed by atoms with Crippen LogP contribution in [0.15, 0.2) is 40.8 Å². The second-order valence-electron chi connectivity index (χ2n) is 4.50. The fourth-order valence-electron chi connectivity index (χ4n) is 1.96. The molecule has 19 heavy (non-hydrogen) atoms. The number of halogens is 1. The second-order valence-corrected chi connectivity index (χ2v) is 4.94. The summed E-state index contributed by atoms with van der Waals surface area (Å²) in [4.78, 5) is 0. The first-order valence-corrected chi connectivity index (χ1v) is 6.98. The Hall–Kier alpha value is -1.25. The smallest absolute Gasteiger partial charge is 0.126 e. The lowest BCUT2D eigenvalue weighted by Crippen LogP contribution is -1.96. The van der Waals surface area contributed by atoms with Gasteiger partial charge in [0.25, 0.3) is 0 Å². The van der Waals surface area contributed by atoms with Crippen LogP contribution in [0.4, 0.5) is 0 Å². The first-order chi connectivity index (χ1) is 9.24. The van der Waals surface area contributed by atoms with E-state index in [2.05, 4.69) is 31.2 Å². The molecule has 0 amide bonds. The Balaban J connectivity index is 2.08. The zero-order valence-electron chi connectivity index (χ0n) is 11.4. The maximum Gasteiger partial charge on any atom is 0.126 e. The largest absolute Gasteiger partial charge is 0.464 e. The van der Waals surface area contributed by atoms with E-state index in [-0.39, 0.29) is 5.38 Å². The molecule has 1 aromatic carbocycles. The molecule has 0 aliphatic rings. The van der Waals surface area contributed by atoms with Crippen LogP contribution in [0.1, 0.15) is 34.9 Å². The van der Waals surface area contributed by atoms with Crippen LogP contribution in [-0.4, -0.2) is 13.7 Å². The second kappa shape index (κ2) is 6.78. The predicted octanol–water partition coefficient (Wildman–Crippen LogP) is 4.36. The first kappa shape index (κ1) is 14.2. The van der Waals surface area contributed by atoms with Gasteiger partial charge in [0.05, 0.1) is 6.61 Å². The minimum atomic E-state index is -0.225. The van der Waals surface area contributed by atoms with Crippen molar-refractivity contribution >= 4 is 11.6 Å². The van der Waals surface area contributed by atoms with E-state index in [0.717, 1.165) is 36.5 Å². The molecule has 0 saturated carbocycles. The van der Waals surface area contributed by atoms with E-state index in [1.165, 1.54) is 5.56 Å². The van der Waals surface area contributed by atoms with Crippen molar-refractivity contribution in [2.75, 3.05) is 13.7 Å². The molecule has 1 atom stereocenters. The minimum absolute atomic E-state index is 0.225. The van der Waals surface area contributed by atoms with Gasteiger partial charge in [-0.3, -0.25) is 0 Å². The maximum absolute atomic E-state index is 6.44. The molecule has 0 saturated heterocycles. The Bertz CT molecular complexity index is 502. The van der Waals surface area contributed by atoms with E-state index in [0.29, 0.717) is 0 Å². The van der Waals surface area contributed by atoms with E-state index in [1.54, 1.807) is 7.11 Å². The summed E-state index contributed by atoms with van der Waals surface area (Å²) in [6.07, 6.45) is 1.81. The molecule has 0 radical (unpaired) electrons. The highest BCUT2D eigenvalue weighted by Crippen LogP contribution is 2.30. The topological polar surface area (TPSA) is 22.4 Å². The Morgan fingerprint density at radius 1 is 1.16 bits per heavy atom. The summed E-state index contributed by atoms with van der Waals surface area (Å²) in [5.41, 5.74) is 2.31. The van der Waals surface area contributed by atoms with Crippen molar-refractivity contribution < 1.29 is 9.15 Å². The Morgan fingerprint density at radius 2 is 1.89 bits per heavy atom. The van der Waals surface area contributed by atoms with Crippen LogP contribution in [0.2, 0.25) is 0 Å². The Morgan fingerprint density at radius 3 is 2.47 bits per heavy atom. The van der Waals surface area contributed by atoms with Crippen LogP contribution in [0.5, 0.6) is 0 Å². The van der Waals surface area contributed by atoms with Gasteiger partial charge in [0.1, 0.15) is 16.9 Å². The molecule has 0 aliphatic heterocycles. The SMILES string of the molecule is CCc1ccc(C(Cl)c2ccc(CCOC)cc2)o1. The number of rotatable bonds is 6. The van der Waals surface area contributed by atoms with Gasteiger partial charge in [-0.2, -0.15) is 0 Å². The van der Waals surface area contributed by atoms with E-state index in [4.69, 9.17) is 20.8 Å². The molecule has 3 heteroatoms. The molecule has 0 fully saturated rings. The van der Waals surface area contributed by atoms with Crippen molar-refractivity contribution in [3.05, 3.63) is 59.0 Å². The zero-order chi connectivity index (χ0) is 13.7. The number of hydrogen-bond donors (Lipinski definition) is 0. The van der Waals surface area contributed by atoms with Crippen molar-refractivity contribution in [2.24, 2.45) is 0 Å². The summed E-state index contributed by atoms with van der Waals surface area (Å²) in [7, 11) is 1.71. The molecule has 102 valence electrons. The molecule has 0 N–H and O–H groups in total. The highest BCUT2D eigenvalue weighted by atomic mass is 35.5. The highest BCUT2D eigenvalue weighted by molar-refractivity contribution is 6.22. The van der Waals surface area contributed by atoms with Crippen molar-refractivity contribution in [3.8, 4) is 0 Å². The van der Waals surface area contributed by atoms with Crippen LogP contribution < -0.4 is 0 Å². The lowest BCUT2D eigenvalue weighted by molar-refractivity contribution is 0.202. The van der Waals surface area contributed by atoms with Gasteiger partial charge in [-0.1, -0.05) is 31.2 Å². The summed E-state index contributed by atoms with van der Waals surface area (Å²) in [5.74, 6) is 1.78. The van der Waals surface area contributed by atoms with E-state index < -0.39 is 0 Å². The maximum atomic E-state index is 6.44. The Kier molecular flexibility index (Phi) is 5.06. The molecule has 2 aromatic rings. The lowest BCUT2D eigenvalue weighted by atomic mass is 10.1. The van der Waals surface area contributed by atoms with Gasteiger partial charge in [-0.15, -0.1) is 11.6 Å². The normalized spacial score (nSPS) is 12.6. The van der Waals surface area contributed by atoms with Gasteiger partial charge in [-0.25, -0.2) is 0 Å². The summed E-state index contributed by atoms with van der Waals surface area (Å²) in [5, 5.41) is -0.225.